The summed E-state index contributed by atoms with van der Waals surface area (Å²) >= 11 is 0. The lowest BCUT2D eigenvalue weighted by molar-refractivity contribution is 0.110. The first kappa shape index (κ1) is 16.4. The van der Waals surface area contributed by atoms with E-state index in [0.717, 1.165) is 18.5 Å². The van der Waals surface area contributed by atoms with Gasteiger partial charge in [0.2, 0.25) is 0 Å². The maximum Gasteiger partial charge on any atom is 0.123 e. The molecule has 2 unspecified atom stereocenters. The smallest absolute Gasteiger partial charge is 0.123 e. The molecule has 21 heavy (non-hydrogen) atoms. The lowest BCUT2D eigenvalue weighted by Gasteiger charge is -2.40. The molecule has 2 rings (SSSR count). The molecule has 0 aliphatic carbocycles. The highest BCUT2D eigenvalue weighted by Crippen LogP contribution is 2.23. The minimum atomic E-state index is -0.176. The van der Waals surface area contributed by atoms with Crippen molar-refractivity contribution in [2.24, 2.45) is 5.73 Å². The third kappa shape index (κ3) is 4.02. The first-order valence-corrected chi connectivity index (χ1v) is 7.80. The van der Waals surface area contributed by atoms with Crippen LogP contribution in [0.1, 0.15) is 25.3 Å². The van der Waals surface area contributed by atoms with Crippen LogP contribution in [0.4, 0.5) is 4.39 Å². The molecule has 1 heterocycles. The van der Waals surface area contributed by atoms with Crippen LogP contribution in [-0.4, -0.2) is 55.1 Å². The van der Waals surface area contributed by atoms with E-state index < -0.39 is 0 Å². The zero-order chi connectivity index (χ0) is 15.5. The van der Waals surface area contributed by atoms with Crippen molar-refractivity contribution in [3.05, 3.63) is 35.6 Å². The molecule has 0 aromatic heterocycles. The quantitative estimate of drug-likeness (QED) is 0.872. The Morgan fingerprint density at radius 1 is 1.48 bits per heavy atom. The number of nitrogens with two attached hydrogens (primary N) is 1. The lowest BCUT2D eigenvalue weighted by Crippen LogP contribution is -2.54. The van der Waals surface area contributed by atoms with Gasteiger partial charge in [-0.05, 0) is 64.5 Å². The summed E-state index contributed by atoms with van der Waals surface area (Å²) in [6.07, 6.45) is 3.30. The van der Waals surface area contributed by atoms with Crippen LogP contribution >= 0.6 is 0 Å². The predicted octanol–water partition coefficient (Wildman–Crippen LogP) is 2.11. The van der Waals surface area contributed by atoms with Crippen LogP contribution in [-0.2, 0) is 6.42 Å². The van der Waals surface area contributed by atoms with E-state index in [9.17, 15) is 4.39 Å². The van der Waals surface area contributed by atoms with Gasteiger partial charge in [-0.25, -0.2) is 4.39 Å². The Morgan fingerprint density at radius 3 is 2.81 bits per heavy atom. The largest absolute Gasteiger partial charge is 0.329 e. The standard InChI is InChI=1S/C17H28FN3/c1-17(13-19,11-14-6-4-7-15(18)10-14)21(3)12-16-8-5-9-20(16)2/h4,6-7,10,16H,5,8-9,11-13,19H2,1-3H3. The zero-order valence-corrected chi connectivity index (χ0v) is 13.5. The van der Waals surface area contributed by atoms with Crippen molar-refractivity contribution in [2.75, 3.05) is 33.7 Å². The Balaban J connectivity index is 2.04. The molecular formula is C17H28FN3. The maximum atomic E-state index is 13.4. The number of nitrogens with zero attached hydrogens (tertiary/aromatic N) is 2. The van der Waals surface area contributed by atoms with E-state index in [1.54, 1.807) is 12.1 Å². The number of hydrogen-bond acceptors (Lipinski definition) is 3. The molecule has 2 atom stereocenters. The van der Waals surface area contributed by atoms with E-state index in [2.05, 4.69) is 30.8 Å². The molecule has 1 fully saturated rings. The third-order valence-corrected chi connectivity index (χ3v) is 4.99. The van der Waals surface area contributed by atoms with E-state index in [1.807, 2.05) is 6.07 Å². The van der Waals surface area contributed by atoms with Crippen molar-refractivity contribution < 1.29 is 4.39 Å². The topological polar surface area (TPSA) is 32.5 Å². The van der Waals surface area contributed by atoms with E-state index in [-0.39, 0.29) is 11.4 Å². The van der Waals surface area contributed by atoms with Gasteiger partial charge in [-0.15, -0.1) is 0 Å². The lowest BCUT2D eigenvalue weighted by atomic mass is 9.90. The van der Waals surface area contributed by atoms with Crippen molar-refractivity contribution in [3.8, 4) is 0 Å². The Morgan fingerprint density at radius 2 is 2.24 bits per heavy atom. The Bertz CT molecular complexity index is 465. The first-order chi connectivity index (χ1) is 9.94. The fourth-order valence-corrected chi connectivity index (χ4v) is 3.20. The molecule has 1 saturated heterocycles. The number of halogens is 1. The fourth-order valence-electron chi connectivity index (χ4n) is 3.20. The highest BCUT2D eigenvalue weighted by molar-refractivity contribution is 5.19. The molecule has 1 aliphatic heterocycles. The third-order valence-electron chi connectivity index (χ3n) is 4.99. The van der Waals surface area contributed by atoms with E-state index in [4.69, 9.17) is 5.73 Å². The Kier molecular flexibility index (Phi) is 5.36. The molecule has 0 spiro atoms. The fraction of sp³-hybridized carbons (Fsp3) is 0.647. The molecule has 118 valence electrons. The molecule has 3 nitrogen and oxygen atoms in total. The molecular weight excluding hydrogens is 265 g/mol. The summed E-state index contributed by atoms with van der Waals surface area (Å²) in [7, 11) is 4.33. The SMILES string of the molecule is CN1CCCC1CN(C)C(C)(CN)Cc1cccc(F)c1. The Labute approximate surface area is 127 Å². The van der Waals surface area contributed by atoms with Crippen molar-refractivity contribution in [1.82, 2.24) is 9.80 Å². The molecule has 0 amide bonds. The summed E-state index contributed by atoms with van der Waals surface area (Å²) in [5, 5.41) is 0. The summed E-state index contributed by atoms with van der Waals surface area (Å²) < 4.78 is 13.4. The van der Waals surface area contributed by atoms with Crippen LogP contribution in [0.25, 0.3) is 0 Å². The summed E-state index contributed by atoms with van der Waals surface area (Å²) in [6.45, 7) is 4.94. The van der Waals surface area contributed by atoms with Crippen molar-refractivity contribution >= 4 is 0 Å². The second kappa shape index (κ2) is 6.86. The summed E-state index contributed by atoms with van der Waals surface area (Å²) in [5.41, 5.74) is 6.92. The van der Waals surface area contributed by atoms with Crippen molar-refractivity contribution in [3.63, 3.8) is 0 Å². The summed E-state index contributed by atoms with van der Waals surface area (Å²) in [5.74, 6) is -0.176. The van der Waals surface area contributed by atoms with Crippen LogP contribution in [0.2, 0.25) is 0 Å². The van der Waals surface area contributed by atoms with E-state index in [1.165, 1.54) is 25.5 Å². The van der Waals surface area contributed by atoms with Gasteiger partial charge < -0.3 is 10.6 Å². The normalized spacial score (nSPS) is 22.7. The molecule has 2 N–H and O–H groups in total. The van der Waals surface area contributed by atoms with Crippen molar-refractivity contribution in [1.29, 1.82) is 0 Å². The number of rotatable bonds is 6. The van der Waals surface area contributed by atoms with Crippen LogP contribution in [0.5, 0.6) is 0 Å². The van der Waals surface area contributed by atoms with Crippen LogP contribution in [0.3, 0.4) is 0 Å². The monoisotopic (exact) mass is 293 g/mol. The van der Waals surface area contributed by atoms with E-state index in [0.29, 0.717) is 12.6 Å². The van der Waals surface area contributed by atoms with Gasteiger partial charge in [0.15, 0.2) is 0 Å². The first-order valence-electron chi connectivity index (χ1n) is 7.80. The minimum Gasteiger partial charge on any atom is -0.329 e. The molecule has 1 aromatic rings. The second-order valence-electron chi connectivity index (χ2n) is 6.66. The van der Waals surface area contributed by atoms with Crippen LogP contribution < -0.4 is 5.73 Å². The average molecular weight is 293 g/mol. The minimum absolute atomic E-state index is 0.142. The molecule has 0 radical (unpaired) electrons. The molecule has 1 aliphatic rings. The molecule has 0 saturated carbocycles. The molecule has 4 heteroatoms. The average Bonchev–Trinajstić information content (AvgIpc) is 2.84. The van der Waals surface area contributed by atoms with Gasteiger partial charge in [-0.1, -0.05) is 12.1 Å². The van der Waals surface area contributed by atoms with Gasteiger partial charge in [0.1, 0.15) is 5.82 Å². The Hall–Kier alpha value is -0.970. The van der Waals surface area contributed by atoms with Gasteiger partial charge in [0.05, 0.1) is 0 Å². The second-order valence-corrected chi connectivity index (χ2v) is 6.66. The summed E-state index contributed by atoms with van der Waals surface area (Å²) in [4.78, 5) is 4.78. The van der Waals surface area contributed by atoms with Gasteiger partial charge in [0, 0.05) is 24.7 Å². The van der Waals surface area contributed by atoms with Gasteiger partial charge in [0.25, 0.3) is 0 Å². The van der Waals surface area contributed by atoms with Crippen molar-refractivity contribution in [2.45, 2.75) is 37.8 Å². The number of likely N-dealkylation sites (tertiary alicyclic amines) is 1. The maximum absolute atomic E-state index is 13.4. The van der Waals surface area contributed by atoms with Gasteiger partial charge in [-0.2, -0.15) is 0 Å². The highest BCUT2D eigenvalue weighted by Gasteiger charge is 2.32. The zero-order valence-electron chi connectivity index (χ0n) is 13.5. The highest BCUT2D eigenvalue weighted by atomic mass is 19.1. The predicted molar refractivity (Wildman–Crippen MR) is 85.8 cm³/mol. The number of likely N-dealkylation sites (N-methyl/N-ethyl adjacent to an activating group) is 2. The van der Waals surface area contributed by atoms with Crippen LogP contribution in [0.15, 0.2) is 24.3 Å². The van der Waals surface area contributed by atoms with Crippen LogP contribution in [0, 0.1) is 5.82 Å². The van der Waals surface area contributed by atoms with E-state index >= 15 is 0 Å². The number of benzene rings is 1. The molecule has 0 bridgehead atoms. The molecule has 1 aromatic carbocycles. The van der Waals surface area contributed by atoms with Gasteiger partial charge >= 0.3 is 0 Å². The van der Waals surface area contributed by atoms with Gasteiger partial charge in [-0.3, -0.25) is 4.90 Å². The number of hydrogen-bond donors (Lipinski definition) is 1. The summed E-state index contributed by atoms with van der Waals surface area (Å²) in [6, 6.07) is 7.45.